The number of aliphatic hydroxyl groups is 1. The van der Waals surface area contributed by atoms with Gasteiger partial charge >= 0.3 is 0 Å². The van der Waals surface area contributed by atoms with E-state index in [1.165, 1.54) is 0 Å². The maximum absolute atomic E-state index is 11.9. The van der Waals surface area contributed by atoms with Gasteiger partial charge in [-0.2, -0.15) is 16.9 Å². The number of aliphatic hydroxyl groups excluding tert-OH is 1. The number of hydrogen-bond donors (Lipinski definition) is 2. The Morgan fingerprint density at radius 3 is 3.10 bits per heavy atom. The first-order valence-corrected chi connectivity index (χ1v) is 7.98. The SMILES string of the molecule is O=C(NCCSCCCO)c1ccc(Cn2cccn2)o1. The maximum Gasteiger partial charge on any atom is 0.287 e. The molecule has 0 bridgehead atoms. The predicted octanol–water partition coefficient (Wildman–Crippen LogP) is 1.37. The van der Waals surface area contributed by atoms with E-state index in [9.17, 15) is 4.79 Å². The summed E-state index contributed by atoms with van der Waals surface area (Å²) < 4.78 is 7.24. The summed E-state index contributed by atoms with van der Waals surface area (Å²) in [5, 5.41) is 15.5. The van der Waals surface area contributed by atoms with E-state index in [1.54, 1.807) is 34.8 Å². The van der Waals surface area contributed by atoms with Gasteiger partial charge in [0, 0.05) is 31.3 Å². The van der Waals surface area contributed by atoms with Crippen molar-refractivity contribution in [3.05, 3.63) is 42.1 Å². The fourth-order valence-electron chi connectivity index (χ4n) is 1.73. The third-order valence-electron chi connectivity index (χ3n) is 2.74. The quantitative estimate of drug-likeness (QED) is 0.684. The molecule has 21 heavy (non-hydrogen) atoms. The summed E-state index contributed by atoms with van der Waals surface area (Å²) in [7, 11) is 0. The van der Waals surface area contributed by atoms with Gasteiger partial charge in [0.15, 0.2) is 5.76 Å². The summed E-state index contributed by atoms with van der Waals surface area (Å²) in [6, 6.07) is 5.30. The average molecular weight is 309 g/mol. The van der Waals surface area contributed by atoms with Crippen LogP contribution in [0.5, 0.6) is 0 Å². The molecule has 0 aliphatic heterocycles. The van der Waals surface area contributed by atoms with Gasteiger partial charge in [0.2, 0.25) is 0 Å². The van der Waals surface area contributed by atoms with Crippen molar-refractivity contribution in [2.24, 2.45) is 0 Å². The van der Waals surface area contributed by atoms with Crippen LogP contribution < -0.4 is 5.32 Å². The number of hydrogen-bond acceptors (Lipinski definition) is 5. The summed E-state index contributed by atoms with van der Waals surface area (Å²) in [5.41, 5.74) is 0. The molecule has 2 N–H and O–H groups in total. The Labute approximate surface area is 127 Å². The molecule has 2 heterocycles. The van der Waals surface area contributed by atoms with Crippen molar-refractivity contribution in [2.45, 2.75) is 13.0 Å². The van der Waals surface area contributed by atoms with E-state index in [4.69, 9.17) is 9.52 Å². The third kappa shape index (κ3) is 5.28. The zero-order chi connectivity index (χ0) is 14.9. The van der Waals surface area contributed by atoms with Crippen molar-refractivity contribution in [1.29, 1.82) is 0 Å². The first-order chi connectivity index (χ1) is 10.3. The van der Waals surface area contributed by atoms with E-state index in [1.807, 2.05) is 12.3 Å². The second kappa shape index (κ2) is 8.53. The number of aromatic nitrogens is 2. The minimum Gasteiger partial charge on any atom is -0.454 e. The number of carbonyl (C=O) groups excluding carboxylic acids is 1. The lowest BCUT2D eigenvalue weighted by atomic mass is 10.4. The number of nitrogens with one attached hydrogen (secondary N) is 1. The third-order valence-corrected chi connectivity index (χ3v) is 3.81. The van der Waals surface area contributed by atoms with E-state index in [0.717, 1.165) is 17.9 Å². The zero-order valence-corrected chi connectivity index (χ0v) is 12.5. The minimum absolute atomic E-state index is 0.204. The van der Waals surface area contributed by atoms with Gasteiger partial charge < -0.3 is 14.8 Å². The molecule has 2 rings (SSSR count). The van der Waals surface area contributed by atoms with Gasteiger partial charge in [-0.05, 0) is 30.4 Å². The van der Waals surface area contributed by atoms with Gasteiger partial charge in [-0.1, -0.05) is 0 Å². The summed E-state index contributed by atoms with van der Waals surface area (Å²) in [5.74, 6) is 2.54. The molecule has 0 saturated heterocycles. The van der Waals surface area contributed by atoms with Crippen LogP contribution in [0.1, 0.15) is 22.7 Å². The molecule has 114 valence electrons. The van der Waals surface area contributed by atoms with E-state index in [2.05, 4.69) is 10.4 Å². The molecule has 0 aromatic carbocycles. The first kappa shape index (κ1) is 15.7. The molecule has 0 spiro atoms. The Morgan fingerprint density at radius 1 is 1.43 bits per heavy atom. The van der Waals surface area contributed by atoms with Crippen molar-refractivity contribution in [2.75, 3.05) is 24.7 Å². The lowest BCUT2D eigenvalue weighted by molar-refractivity contribution is 0.0926. The average Bonchev–Trinajstić information content (AvgIpc) is 3.15. The second-order valence-corrected chi connectivity index (χ2v) is 5.64. The summed E-state index contributed by atoms with van der Waals surface area (Å²) in [6.07, 6.45) is 4.32. The largest absolute Gasteiger partial charge is 0.454 e. The fraction of sp³-hybridized carbons (Fsp3) is 0.429. The lowest BCUT2D eigenvalue weighted by Crippen LogP contribution is -2.25. The number of nitrogens with zero attached hydrogens (tertiary/aromatic N) is 2. The smallest absolute Gasteiger partial charge is 0.287 e. The van der Waals surface area contributed by atoms with Crippen molar-refractivity contribution in [3.8, 4) is 0 Å². The highest BCUT2D eigenvalue weighted by molar-refractivity contribution is 7.99. The molecule has 2 aromatic heterocycles. The van der Waals surface area contributed by atoms with Gasteiger partial charge in [0.1, 0.15) is 5.76 Å². The summed E-state index contributed by atoms with van der Waals surface area (Å²) in [6.45, 7) is 1.31. The van der Waals surface area contributed by atoms with Crippen LogP contribution in [0.4, 0.5) is 0 Å². The summed E-state index contributed by atoms with van der Waals surface area (Å²) in [4.78, 5) is 11.9. The maximum atomic E-state index is 11.9. The Hall–Kier alpha value is -1.73. The Balaban J connectivity index is 1.71. The highest BCUT2D eigenvalue weighted by Crippen LogP contribution is 2.09. The number of furan rings is 1. The lowest BCUT2D eigenvalue weighted by Gasteiger charge is -2.03. The molecule has 0 aliphatic carbocycles. The van der Waals surface area contributed by atoms with Crippen LogP contribution in [0.3, 0.4) is 0 Å². The molecule has 6 nitrogen and oxygen atoms in total. The van der Waals surface area contributed by atoms with E-state index in [0.29, 0.717) is 24.6 Å². The number of carbonyl (C=O) groups is 1. The molecule has 0 unspecified atom stereocenters. The van der Waals surface area contributed by atoms with Crippen LogP contribution in [0.15, 0.2) is 35.0 Å². The Bertz CT molecular complexity index is 539. The molecular formula is C14H19N3O3S. The van der Waals surface area contributed by atoms with Crippen LogP contribution in [-0.2, 0) is 6.54 Å². The number of amides is 1. The van der Waals surface area contributed by atoms with Crippen LogP contribution in [0, 0.1) is 0 Å². The van der Waals surface area contributed by atoms with Gasteiger partial charge in [-0.25, -0.2) is 0 Å². The van der Waals surface area contributed by atoms with Gasteiger partial charge in [-0.15, -0.1) is 0 Å². The van der Waals surface area contributed by atoms with Crippen molar-refractivity contribution in [1.82, 2.24) is 15.1 Å². The highest BCUT2D eigenvalue weighted by Gasteiger charge is 2.10. The van der Waals surface area contributed by atoms with Crippen molar-refractivity contribution < 1.29 is 14.3 Å². The standard InChI is InChI=1S/C14H19N3O3S/c18-8-2-9-21-10-6-15-14(19)13-4-3-12(20-13)11-17-7-1-5-16-17/h1,3-5,7,18H,2,6,8-11H2,(H,15,19). The molecule has 7 heteroatoms. The topological polar surface area (TPSA) is 80.3 Å². The minimum atomic E-state index is -0.204. The van der Waals surface area contributed by atoms with E-state index >= 15 is 0 Å². The Kier molecular flexibility index (Phi) is 6.36. The van der Waals surface area contributed by atoms with Crippen LogP contribution in [0.2, 0.25) is 0 Å². The van der Waals surface area contributed by atoms with Crippen LogP contribution >= 0.6 is 11.8 Å². The highest BCUT2D eigenvalue weighted by atomic mass is 32.2. The molecule has 0 fully saturated rings. The number of thioether (sulfide) groups is 1. The van der Waals surface area contributed by atoms with Gasteiger partial charge in [0.05, 0.1) is 6.54 Å². The van der Waals surface area contributed by atoms with E-state index in [-0.39, 0.29) is 12.5 Å². The number of rotatable bonds is 9. The zero-order valence-electron chi connectivity index (χ0n) is 11.7. The molecule has 2 aromatic rings. The van der Waals surface area contributed by atoms with E-state index < -0.39 is 0 Å². The molecular weight excluding hydrogens is 290 g/mol. The predicted molar refractivity (Wildman–Crippen MR) is 81.4 cm³/mol. The fourth-order valence-corrected chi connectivity index (χ4v) is 2.51. The van der Waals surface area contributed by atoms with Crippen LogP contribution in [-0.4, -0.2) is 45.5 Å². The first-order valence-electron chi connectivity index (χ1n) is 6.82. The summed E-state index contributed by atoms with van der Waals surface area (Å²) >= 11 is 1.71. The molecule has 0 saturated carbocycles. The molecule has 0 aliphatic rings. The van der Waals surface area contributed by atoms with Gasteiger partial charge in [0.25, 0.3) is 5.91 Å². The molecule has 0 radical (unpaired) electrons. The molecule has 0 atom stereocenters. The second-order valence-electron chi connectivity index (χ2n) is 4.42. The monoisotopic (exact) mass is 309 g/mol. The van der Waals surface area contributed by atoms with Gasteiger partial charge in [-0.3, -0.25) is 9.48 Å². The van der Waals surface area contributed by atoms with Crippen LogP contribution in [0.25, 0.3) is 0 Å². The van der Waals surface area contributed by atoms with Crippen molar-refractivity contribution in [3.63, 3.8) is 0 Å². The van der Waals surface area contributed by atoms with Crippen molar-refractivity contribution >= 4 is 17.7 Å². The normalized spacial score (nSPS) is 10.7. The Morgan fingerprint density at radius 2 is 2.33 bits per heavy atom. The molecule has 1 amide bonds.